The number of hydrogen-bond donors (Lipinski definition) is 0. The Morgan fingerprint density at radius 1 is 0.423 bits per heavy atom. The molecule has 52 heavy (non-hydrogen) atoms. The fourth-order valence-corrected chi connectivity index (χ4v) is 3.54. The van der Waals surface area contributed by atoms with Gasteiger partial charge < -0.3 is 71.2 Å². The third-order valence-corrected chi connectivity index (χ3v) is 6.12. The number of rotatable bonds is 40. The van der Waals surface area contributed by atoms with Crippen molar-refractivity contribution in [3.8, 4) is 0 Å². The van der Waals surface area contributed by atoms with E-state index in [-0.39, 0.29) is 18.5 Å². The second-order valence-corrected chi connectivity index (χ2v) is 11.8. The van der Waals surface area contributed by atoms with Crippen molar-refractivity contribution in [2.24, 2.45) is 0 Å². The van der Waals surface area contributed by atoms with Gasteiger partial charge in [0.1, 0.15) is 5.60 Å². The number of ether oxygens (including phenoxy) is 14. The van der Waals surface area contributed by atoms with Crippen molar-refractivity contribution in [3.05, 3.63) is 0 Å². The van der Waals surface area contributed by atoms with Gasteiger partial charge in [-0.15, -0.1) is 0 Å². The summed E-state index contributed by atoms with van der Waals surface area (Å²) in [5, 5.41) is 0. The van der Waals surface area contributed by atoms with E-state index < -0.39 is 5.60 Å². The molecule has 1 amide bonds. The van der Waals surface area contributed by atoms with E-state index in [0.29, 0.717) is 172 Å². The summed E-state index contributed by atoms with van der Waals surface area (Å²) in [6.45, 7) is 19.3. The van der Waals surface area contributed by atoms with E-state index in [2.05, 4.69) is 0 Å². The Hall–Kier alpha value is -1.74. The van der Waals surface area contributed by atoms with Crippen LogP contribution in [0.5, 0.6) is 0 Å². The molecule has 0 aliphatic rings. The lowest BCUT2D eigenvalue weighted by Gasteiger charge is -2.24. The first-order valence-corrected chi connectivity index (χ1v) is 18.3. The molecular weight excluding hydrogens is 690 g/mol. The van der Waals surface area contributed by atoms with Crippen molar-refractivity contribution in [2.75, 3.05) is 179 Å². The van der Waals surface area contributed by atoms with E-state index >= 15 is 0 Å². The second kappa shape index (κ2) is 39.0. The van der Waals surface area contributed by atoms with Gasteiger partial charge >= 0.3 is 12.1 Å². The van der Waals surface area contributed by atoms with Crippen LogP contribution in [0.15, 0.2) is 0 Å². The van der Waals surface area contributed by atoms with Crippen LogP contribution in [0.1, 0.15) is 34.1 Å². The Labute approximate surface area is 311 Å². The molecule has 17 heteroatoms. The van der Waals surface area contributed by atoms with Gasteiger partial charge in [0.25, 0.3) is 0 Å². The van der Waals surface area contributed by atoms with Crippen molar-refractivity contribution in [1.29, 1.82) is 0 Å². The Kier molecular flexibility index (Phi) is 37.7. The molecule has 0 aromatic carbocycles. The third-order valence-electron chi connectivity index (χ3n) is 6.12. The van der Waals surface area contributed by atoms with Gasteiger partial charge in [-0.05, 0) is 27.7 Å². The van der Waals surface area contributed by atoms with Crippen LogP contribution in [0.3, 0.4) is 0 Å². The maximum atomic E-state index is 11.9. The normalized spacial score (nSPS) is 11.6. The molecule has 0 rings (SSSR count). The molecule has 17 nitrogen and oxygen atoms in total. The minimum atomic E-state index is -0.514. The van der Waals surface area contributed by atoms with Gasteiger partial charge in [0, 0.05) is 13.6 Å². The Balaban J connectivity index is 3.14. The average Bonchev–Trinajstić information content (AvgIpc) is 3.10. The van der Waals surface area contributed by atoms with Gasteiger partial charge in [0.05, 0.1) is 172 Å². The number of nitrogens with zero attached hydrogens (tertiary/aromatic N) is 1. The van der Waals surface area contributed by atoms with Crippen molar-refractivity contribution >= 4 is 12.1 Å². The molecule has 0 bridgehead atoms. The molecule has 0 saturated heterocycles. The summed E-state index contributed by atoms with van der Waals surface area (Å²) in [6.07, 6.45) is -0.117. The quantitative estimate of drug-likeness (QED) is 0.0657. The molecule has 0 spiro atoms. The minimum Gasteiger partial charge on any atom is -0.466 e. The first kappa shape index (κ1) is 50.3. The zero-order valence-corrected chi connectivity index (χ0v) is 32.6. The number of esters is 1. The smallest absolute Gasteiger partial charge is 0.410 e. The lowest BCUT2D eigenvalue weighted by molar-refractivity contribution is -0.144. The lowest BCUT2D eigenvalue weighted by atomic mass is 10.2. The molecule has 310 valence electrons. The molecule has 0 aliphatic heterocycles. The number of likely N-dealkylation sites (N-methyl/N-ethyl adjacent to an activating group) is 1. The van der Waals surface area contributed by atoms with Crippen LogP contribution in [-0.4, -0.2) is 201 Å². The summed E-state index contributed by atoms with van der Waals surface area (Å²) < 4.78 is 75.5. The maximum absolute atomic E-state index is 11.9. The van der Waals surface area contributed by atoms with E-state index in [0.717, 1.165) is 0 Å². The van der Waals surface area contributed by atoms with Crippen LogP contribution in [-0.2, 0) is 71.1 Å². The zero-order valence-electron chi connectivity index (χ0n) is 32.6. The fourth-order valence-electron chi connectivity index (χ4n) is 3.54. The summed E-state index contributed by atoms with van der Waals surface area (Å²) in [4.78, 5) is 24.5. The molecular formula is C35H69NO16. The first-order valence-electron chi connectivity index (χ1n) is 18.3. The molecule has 0 aliphatic carbocycles. The number of carbonyl (C=O) groups excluding carboxylic acids is 2. The van der Waals surface area contributed by atoms with Gasteiger partial charge in [-0.25, -0.2) is 4.79 Å². The highest BCUT2D eigenvalue weighted by Crippen LogP contribution is 2.08. The summed E-state index contributed by atoms with van der Waals surface area (Å²) in [6, 6.07) is 0. The molecule has 0 radical (unpaired) electrons. The van der Waals surface area contributed by atoms with Gasteiger partial charge in [-0.1, -0.05) is 0 Å². The zero-order chi connectivity index (χ0) is 38.2. The molecule has 0 N–H and O–H groups in total. The Bertz CT molecular complexity index is 774. The topological polar surface area (TPSA) is 167 Å². The monoisotopic (exact) mass is 759 g/mol. The van der Waals surface area contributed by atoms with Crippen LogP contribution in [0.2, 0.25) is 0 Å². The number of carbonyl (C=O) groups is 2. The fraction of sp³-hybridized carbons (Fsp3) is 0.943. The van der Waals surface area contributed by atoms with E-state index in [1.165, 1.54) is 4.90 Å². The lowest BCUT2D eigenvalue weighted by Crippen LogP contribution is -2.36. The van der Waals surface area contributed by atoms with E-state index in [1.54, 1.807) is 14.0 Å². The summed E-state index contributed by atoms with van der Waals surface area (Å²) in [7, 11) is 1.68. The van der Waals surface area contributed by atoms with E-state index in [1.807, 2.05) is 20.8 Å². The van der Waals surface area contributed by atoms with Crippen LogP contribution in [0, 0.1) is 0 Å². The van der Waals surface area contributed by atoms with Gasteiger partial charge in [-0.3, -0.25) is 4.79 Å². The highest BCUT2D eigenvalue weighted by atomic mass is 16.6. The summed E-state index contributed by atoms with van der Waals surface area (Å²) in [5.74, 6) is -0.255. The van der Waals surface area contributed by atoms with E-state index in [9.17, 15) is 9.59 Å². The van der Waals surface area contributed by atoms with Crippen LogP contribution < -0.4 is 0 Å². The largest absolute Gasteiger partial charge is 0.466 e. The predicted molar refractivity (Wildman–Crippen MR) is 190 cm³/mol. The average molecular weight is 760 g/mol. The predicted octanol–water partition coefficient (Wildman–Crippen LogP) is 2.01. The third kappa shape index (κ3) is 41.0. The van der Waals surface area contributed by atoms with Gasteiger partial charge in [0.15, 0.2) is 0 Å². The Morgan fingerprint density at radius 2 is 0.673 bits per heavy atom. The van der Waals surface area contributed by atoms with Crippen LogP contribution in [0.4, 0.5) is 4.79 Å². The second-order valence-electron chi connectivity index (χ2n) is 11.8. The van der Waals surface area contributed by atoms with Crippen molar-refractivity contribution in [2.45, 2.75) is 39.7 Å². The van der Waals surface area contributed by atoms with Crippen molar-refractivity contribution in [1.82, 2.24) is 4.90 Å². The molecule has 0 aromatic rings. The van der Waals surface area contributed by atoms with Crippen molar-refractivity contribution in [3.63, 3.8) is 0 Å². The standard InChI is InChI=1S/C35H69NO16/c1-6-51-33(37)7-9-39-11-13-41-15-17-43-19-21-45-23-25-47-27-29-49-31-32-50-30-28-48-26-24-46-22-20-44-18-16-42-14-12-40-10-8-36(5)34(38)52-35(2,3)4/h6-32H2,1-5H3. The summed E-state index contributed by atoms with van der Waals surface area (Å²) >= 11 is 0. The van der Waals surface area contributed by atoms with Crippen molar-refractivity contribution < 1.29 is 75.9 Å². The van der Waals surface area contributed by atoms with Gasteiger partial charge in [0.2, 0.25) is 0 Å². The van der Waals surface area contributed by atoms with Gasteiger partial charge in [-0.2, -0.15) is 0 Å². The Morgan fingerprint density at radius 3 is 0.923 bits per heavy atom. The SMILES string of the molecule is CCOC(=O)CCOCCOCCOCCOCCOCCOCCOCCOCCOCCOCCOCCOCCN(C)C(=O)OC(C)(C)C. The summed E-state index contributed by atoms with van der Waals surface area (Å²) in [5.41, 5.74) is -0.514. The number of hydrogen-bond acceptors (Lipinski definition) is 16. The molecule has 0 atom stereocenters. The molecule has 0 unspecified atom stereocenters. The van der Waals surface area contributed by atoms with Crippen LogP contribution >= 0.6 is 0 Å². The molecule has 0 heterocycles. The first-order chi connectivity index (χ1) is 25.3. The highest BCUT2D eigenvalue weighted by Gasteiger charge is 2.19. The van der Waals surface area contributed by atoms with Crippen LogP contribution in [0.25, 0.3) is 0 Å². The molecule has 0 fully saturated rings. The number of amides is 1. The maximum Gasteiger partial charge on any atom is 0.410 e. The minimum absolute atomic E-state index is 0.251. The highest BCUT2D eigenvalue weighted by molar-refractivity contribution is 5.69. The van der Waals surface area contributed by atoms with E-state index in [4.69, 9.17) is 66.3 Å². The molecule has 0 aromatic heterocycles. The molecule has 0 saturated carbocycles.